The second kappa shape index (κ2) is 5.79. The molecule has 3 rings (SSSR count). The van der Waals surface area contributed by atoms with Crippen molar-refractivity contribution in [2.45, 2.75) is 19.4 Å². The fourth-order valence-corrected chi connectivity index (χ4v) is 2.89. The molecule has 21 heavy (non-hydrogen) atoms. The highest BCUT2D eigenvalue weighted by molar-refractivity contribution is 9.10. The fraction of sp³-hybridized carbons (Fsp3) is 0.235. The highest BCUT2D eigenvalue weighted by atomic mass is 79.9. The first-order valence-corrected chi connectivity index (χ1v) is 7.68. The average Bonchev–Trinajstić information content (AvgIpc) is 2.94. The summed E-state index contributed by atoms with van der Waals surface area (Å²) < 4.78 is 6.49. The third kappa shape index (κ3) is 2.88. The van der Waals surface area contributed by atoms with Crippen LogP contribution in [0.25, 0.3) is 0 Å². The van der Waals surface area contributed by atoms with Crippen molar-refractivity contribution >= 4 is 21.6 Å². The molecule has 0 bridgehead atoms. The Morgan fingerprint density at radius 3 is 2.95 bits per heavy atom. The van der Waals surface area contributed by atoms with E-state index in [1.54, 1.807) is 0 Å². The van der Waals surface area contributed by atoms with Gasteiger partial charge in [0.15, 0.2) is 0 Å². The number of nitriles is 1. The van der Waals surface area contributed by atoms with Crippen molar-refractivity contribution < 1.29 is 4.74 Å². The molecule has 1 aliphatic heterocycles. The molecule has 2 aromatic carbocycles. The second-order valence-corrected chi connectivity index (χ2v) is 6.05. The second-order valence-electron chi connectivity index (χ2n) is 5.13. The molecule has 0 amide bonds. The zero-order chi connectivity index (χ0) is 14.8. The van der Waals surface area contributed by atoms with Gasteiger partial charge in [0.2, 0.25) is 0 Å². The molecule has 0 aliphatic carbocycles. The molecule has 2 aromatic rings. The summed E-state index contributed by atoms with van der Waals surface area (Å²) in [5, 5.41) is 12.6. The van der Waals surface area contributed by atoms with Gasteiger partial charge in [0.1, 0.15) is 11.8 Å². The summed E-state index contributed by atoms with van der Waals surface area (Å²) in [5.41, 5.74) is 3.95. The van der Waals surface area contributed by atoms with Crippen LogP contribution in [-0.2, 0) is 6.42 Å². The summed E-state index contributed by atoms with van der Waals surface area (Å²) in [6, 6.07) is 14.3. The number of hydrogen-bond donors (Lipinski definition) is 1. The van der Waals surface area contributed by atoms with Crippen LogP contribution in [0.2, 0.25) is 0 Å². The summed E-state index contributed by atoms with van der Waals surface area (Å²) in [4.78, 5) is 0. The lowest BCUT2D eigenvalue weighted by Crippen LogP contribution is -2.08. The van der Waals surface area contributed by atoms with Crippen LogP contribution in [0.1, 0.15) is 29.7 Å². The molecule has 0 radical (unpaired) electrons. The average molecular weight is 343 g/mol. The van der Waals surface area contributed by atoms with Crippen LogP contribution in [0.15, 0.2) is 40.9 Å². The van der Waals surface area contributed by atoms with E-state index < -0.39 is 0 Å². The Morgan fingerprint density at radius 2 is 2.14 bits per heavy atom. The maximum absolute atomic E-state index is 9.20. The zero-order valence-corrected chi connectivity index (χ0v) is 13.3. The van der Waals surface area contributed by atoms with Gasteiger partial charge in [-0.05, 0) is 48.4 Å². The predicted molar refractivity (Wildman–Crippen MR) is 86.5 cm³/mol. The molecule has 3 nitrogen and oxygen atoms in total. The predicted octanol–water partition coefficient (Wildman–Crippen LogP) is 4.43. The fourth-order valence-electron chi connectivity index (χ4n) is 2.53. The van der Waals surface area contributed by atoms with Crippen LogP contribution in [0.5, 0.6) is 5.75 Å². The third-order valence-corrected chi connectivity index (χ3v) is 4.18. The van der Waals surface area contributed by atoms with Gasteiger partial charge in [-0.2, -0.15) is 5.26 Å². The van der Waals surface area contributed by atoms with E-state index in [1.165, 1.54) is 11.1 Å². The number of halogens is 1. The molecule has 106 valence electrons. The number of rotatable bonds is 3. The van der Waals surface area contributed by atoms with E-state index in [4.69, 9.17) is 4.74 Å². The Bertz CT molecular complexity index is 721. The number of nitrogens with one attached hydrogen (secondary N) is 1. The van der Waals surface area contributed by atoms with E-state index in [1.807, 2.05) is 24.3 Å². The van der Waals surface area contributed by atoms with Crippen molar-refractivity contribution in [3.8, 4) is 11.8 Å². The highest BCUT2D eigenvalue weighted by Crippen LogP contribution is 2.30. The lowest BCUT2D eigenvalue weighted by molar-refractivity contribution is 0.357. The molecule has 1 N–H and O–H groups in total. The van der Waals surface area contributed by atoms with Crippen LogP contribution in [0.4, 0.5) is 5.69 Å². The number of anilines is 1. The van der Waals surface area contributed by atoms with Gasteiger partial charge in [0.05, 0.1) is 17.9 Å². The molecular weight excluding hydrogens is 328 g/mol. The van der Waals surface area contributed by atoms with Crippen LogP contribution >= 0.6 is 15.9 Å². The molecule has 1 unspecified atom stereocenters. The Labute approximate surface area is 132 Å². The third-order valence-electron chi connectivity index (χ3n) is 3.69. The molecular formula is C17H15BrN2O. The molecule has 0 spiro atoms. The van der Waals surface area contributed by atoms with E-state index >= 15 is 0 Å². The van der Waals surface area contributed by atoms with E-state index in [9.17, 15) is 5.26 Å². The molecule has 1 aliphatic rings. The van der Waals surface area contributed by atoms with Crippen molar-refractivity contribution in [2.75, 3.05) is 11.9 Å². The summed E-state index contributed by atoms with van der Waals surface area (Å²) >= 11 is 3.45. The SMILES string of the molecule is CC(Nc1cc(Br)ccc1C#N)c1ccc2c(c1)CCO2. The first kappa shape index (κ1) is 14.0. The van der Waals surface area contributed by atoms with Gasteiger partial charge in [-0.15, -0.1) is 0 Å². The minimum atomic E-state index is 0.123. The van der Waals surface area contributed by atoms with Gasteiger partial charge in [0.25, 0.3) is 0 Å². The largest absolute Gasteiger partial charge is 0.493 e. The normalized spacial score (nSPS) is 14.0. The first-order valence-electron chi connectivity index (χ1n) is 6.89. The van der Waals surface area contributed by atoms with Gasteiger partial charge >= 0.3 is 0 Å². The maximum atomic E-state index is 9.20. The summed E-state index contributed by atoms with van der Waals surface area (Å²) in [6.07, 6.45) is 0.968. The molecule has 0 saturated carbocycles. The highest BCUT2D eigenvalue weighted by Gasteiger charge is 2.15. The van der Waals surface area contributed by atoms with Gasteiger partial charge in [0, 0.05) is 16.9 Å². The maximum Gasteiger partial charge on any atom is 0.122 e. The van der Waals surface area contributed by atoms with Crippen LogP contribution in [0.3, 0.4) is 0 Å². The molecule has 0 saturated heterocycles. The minimum Gasteiger partial charge on any atom is -0.493 e. The van der Waals surface area contributed by atoms with E-state index in [0.29, 0.717) is 5.56 Å². The molecule has 4 heteroatoms. The number of hydrogen-bond acceptors (Lipinski definition) is 3. The Hall–Kier alpha value is -1.99. The number of fused-ring (bicyclic) bond motifs is 1. The summed E-state index contributed by atoms with van der Waals surface area (Å²) in [6.45, 7) is 2.87. The van der Waals surface area contributed by atoms with Crippen LogP contribution in [-0.4, -0.2) is 6.61 Å². The smallest absolute Gasteiger partial charge is 0.122 e. The van der Waals surface area contributed by atoms with E-state index in [2.05, 4.69) is 46.4 Å². The molecule has 1 heterocycles. The van der Waals surface area contributed by atoms with Gasteiger partial charge in [-0.1, -0.05) is 22.0 Å². The standard InChI is InChI=1S/C17H15BrN2O/c1-11(12-3-5-17-13(8-12)6-7-21-17)20-16-9-15(18)4-2-14(16)10-19/h2-5,8-9,11,20H,6-7H2,1H3. The number of benzene rings is 2. The Morgan fingerprint density at radius 1 is 1.29 bits per heavy atom. The van der Waals surface area contributed by atoms with Crippen molar-refractivity contribution in [1.29, 1.82) is 5.26 Å². The van der Waals surface area contributed by atoms with Crippen molar-refractivity contribution in [2.24, 2.45) is 0 Å². The Kier molecular flexibility index (Phi) is 3.85. The van der Waals surface area contributed by atoms with E-state index in [-0.39, 0.29) is 6.04 Å². The van der Waals surface area contributed by atoms with Crippen LogP contribution < -0.4 is 10.1 Å². The quantitative estimate of drug-likeness (QED) is 0.897. The first-order chi connectivity index (χ1) is 10.2. The molecule has 0 fully saturated rings. The lowest BCUT2D eigenvalue weighted by Gasteiger charge is -2.17. The number of ether oxygens (including phenoxy) is 1. The van der Waals surface area contributed by atoms with Crippen molar-refractivity contribution in [1.82, 2.24) is 0 Å². The topological polar surface area (TPSA) is 45.0 Å². The van der Waals surface area contributed by atoms with Crippen molar-refractivity contribution in [3.63, 3.8) is 0 Å². The van der Waals surface area contributed by atoms with Crippen LogP contribution in [0, 0.1) is 11.3 Å². The number of nitrogens with zero attached hydrogens (tertiary/aromatic N) is 1. The summed E-state index contributed by atoms with van der Waals surface area (Å²) in [7, 11) is 0. The van der Waals surface area contributed by atoms with E-state index in [0.717, 1.165) is 28.9 Å². The summed E-state index contributed by atoms with van der Waals surface area (Å²) in [5.74, 6) is 0.992. The van der Waals surface area contributed by atoms with Gasteiger partial charge < -0.3 is 10.1 Å². The Balaban J connectivity index is 1.85. The monoisotopic (exact) mass is 342 g/mol. The van der Waals surface area contributed by atoms with Gasteiger partial charge in [-0.25, -0.2) is 0 Å². The lowest BCUT2D eigenvalue weighted by atomic mass is 10.0. The molecule has 1 atom stereocenters. The van der Waals surface area contributed by atoms with Crippen molar-refractivity contribution in [3.05, 3.63) is 57.6 Å². The minimum absolute atomic E-state index is 0.123. The van der Waals surface area contributed by atoms with Gasteiger partial charge in [-0.3, -0.25) is 0 Å². The zero-order valence-electron chi connectivity index (χ0n) is 11.7. The molecule has 0 aromatic heterocycles.